The van der Waals surface area contributed by atoms with E-state index in [1.54, 1.807) is 18.2 Å². The summed E-state index contributed by atoms with van der Waals surface area (Å²) in [7, 11) is 1.67. The molecule has 1 N–H and O–H groups in total. The number of nitrogens with zero attached hydrogens (tertiary/aromatic N) is 3. The number of carbonyl (C=O) groups excluding carboxylic acids is 2. The Balaban J connectivity index is 0.00000308. The van der Waals surface area contributed by atoms with Crippen LogP contribution in [0.3, 0.4) is 0 Å². The van der Waals surface area contributed by atoms with Crippen molar-refractivity contribution in [1.29, 1.82) is 0 Å². The van der Waals surface area contributed by atoms with E-state index < -0.39 is 0 Å². The number of ether oxygens (including phenoxy) is 1. The fourth-order valence-corrected chi connectivity index (χ4v) is 5.00. The maximum atomic E-state index is 13.2. The zero-order chi connectivity index (χ0) is 26.1. The first-order valence-corrected chi connectivity index (χ1v) is 12.5. The number of amides is 2. The van der Waals surface area contributed by atoms with Gasteiger partial charge in [0, 0.05) is 35.6 Å². The maximum Gasteiger partial charge on any atom is 0.241 e. The number of imidazole rings is 1. The molecule has 0 atom stereocenters. The Bertz CT molecular complexity index is 1660. The van der Waals surface area contributed by atoms with Gasteiger partial charge in [0.25, 0.3) is 0 Å². The molecule has 2 heterocycles. The summed E-state index contributed by atoms with van der Waals surface area (Å²) in [5.41, 5.74) is 4.14. The molecule has 39 heavy (non-hydrogen) atoms. The third-order valence-corrected chi connectivity index (χ3v) is 6.85. The lowest BCUT2D eigenvalue weighted by atomic mass is 10.1. The lowest BCUT2D eigenvalue weighted by Gasteiger charge is -2.23. The molecule has 0 fully saturated rings. The van der Waals surface area contributed by atoms with E-state index in [1.807, 2.05) is 85.1 Å². The molecule has 6 rings (SSSR count). The predicted octanol–water partition coefficient (Wildman–Crippen LogP) is 6.25. The van der Waals surface area contributed by atoms with Crippen LogP contribution in [-0.2, 0) is 22.4 Å². The SMILES string of the molecule is COc1cccc(CCc2nccn2-c2ccc(N3C(=O)CC(=O)Nc4c3ccc3ccccc43)cc2)c1.Cl. The molecule has 1 aliphatic rings. The van der Waals surface area contributed by atoms with Gasteiger partial charge in [-0.15, -0.1) is 12.4 Å². The van der Waals surface area contributed by atoms with E-state index >= 15 is 0 Å². The minimum Gasteiger partial charge on any atom is -0.497 e. The smallest absolute Gasteiger partial charge is 0.241 e. The summed E-state index contributed by atoms with van der Waals surface area (Å²) in [4.78, 5) is 31.9. The number of methoxy groups -OCH3 is 1. The summed E-state index contributed by atoms with van der Waals surface area (Å²) < 4.78 is 7.40. The number of hydrogen-bond donors (Lipinski definition) is 1. The van der Waals surface area contributed by atoms with Crippen molar-refractivity contribution in [3.63, 3.8) is 0 Å². The summed E-state index contributed by atoms with van der Waals surface area (Å²) in [6.07, 6.45) is 5.12. The second kappa shape index (κ2) is 11.0. The highest BCUT2D eigenvalue weighted by atomic mass is 35.5. The standard InChI is InChI=1S/C31H26N4O3.ClH/c1-38-25-7-4-5-21(19-25)9-16-28-32-17-18-34(28)23-11-13-24(14-12-23)35-27-15-10-22-6-2-3-8-26(22)31(27)33-29(36)20-30(35)37;/h2-8,10-15,17-19H,9,16,20H2,1H3,(H,33,36);1H. The lowest BCUT2D eigenvalue weighted by Crippen LogP contribution is -2.26. The molecule has 8 heteroatoms. The van der Waals surface area contributed by atoms with Crippen LogP contribution >= 0.6 is 12.4 Å². The number of benzene rings is 4. The van der Waals surface area contributed by atoms with Crippen molar-refractivity contribution < 1.29 is 14.3 Å². The van der Waals surface area contributed by atoms with E-state index in [4.69, 9.17) is 4.74 Å². The van der Waals surface area contributed by atoms with Crippen molar-refractivity contribution in [3.05, 3.63) is 109 Å². The van der Waals surface area contributed by atoms with E-state index in [1.165, 1.54) is 5.56 Å². The van der Waals surface area contributed by atoms with Gasteiger partial charge < -0.3 is 14.6 Å². The van der Waals surface area contributed by atoms with E-state index in [9.17, 15) is 9.59 Å². The Kier molecular flexibility index (Phi) is 7.34. The topological polar surface area (TPSA) is 76.5 Å². The summed E-state index contributed by atoms with van der Waals surface area (Å²) in [6.45, 7) is 0. The molecule has 1 aromatic heterocycles. The van der Waals surface area contributed by atoms with Gasteiger partial charge in [0.2, 0.25) is 11.8 Å². The van der Waals surface area contributed by atoms with Crippen molar-refractivity contribution in [2.45, 2.75) is 19.3 Å². The third kappa shape index (κ3) is 5.09. The average molecular weight is 539 g/mol. The van der Waals surface area contributed by atoms with Gasteiger partial charge in [-0.25, -0.2) is 4.98 Å². The first-order valence-electron chi connectivity index (χ1n) is 12.5. The Hall–Kier alpha value is -4.62. The highest BCUT2D eigenvalue weighted by Gasteiger charge is 2.28. The highest BCUT2D eigenvalue weighted by molar-refractivity contribution is 6.21. The molecule has 0 radical (unpaired) electrons. The molecule has 0 saturated carbocycles. The number of nitrogens with one attached hydrogen (secondary N) is 1. The van der Waals surface area contributed by atoms with Crippen LogP contribution in [0.5, 0.6) is 5.75 Å². The Morgan fingerprint density at radius 1 is 0.897 bits per heavy atom. The van der Waals surface area contributed by atoms with Gasteiger partial charge in [0.1, 0.15) is 18.0 Å². The molecule has 2 amide bonds. The maximum absolute atomic E-state index is 13.2. The quantitative estimate of drug-likeness (QED) is 0.259. The zero-order valence-electron chi connectivity index (χ0n) is 21.3. The van der Waals surface area contributed by atoms with Gasteiger partial charge in [-0.2, -0.15) is 0 Å². The highest BCUT2D eigenvalue weighted by Crippen LogP contribution is 2.40. The molecule has 0 bridgehead atoms. The number of aromatic nitrogens is 2. The largest absolute Gasteiger partial charge is 0.497 e. The predicted molar refractivity (Wildman–Crippen MR) is 156 cm³/mol. The van der Waals surface area contributed by atoms with Crippen LogP contribution < -0.4 is 15.0 Å². The van der Waals surface area contributed by atoms with Crippen LogP contribution in [0.1, 0.15) is 17.8 Å². The van der Waals surface area contributed by atoms with Crippen LogP contribution in [0.25, 0.3) is 16.5 Å². The van der Waals surface area contributed by atoms with Crippen LogP contribution in [0.15, 0.2) is 97.3 Å². The second-order valence-electron chi connectivity index (χ2n) is 9.22. The molecule has 1 aliphatic heterocycles. The normalized spacial score (nSPS) is 12.9. The Labute approximate surface area is 232 Å². The van der Waals surface area contributed by atoms with Crippen molar-refractivity contribution >= 4 is 52.1 Å². The molecule has 5 aromatic rings. The number of fused-ring (bicyclic) bond motifs is 3. The van der Waals surface area contributed by atoms with Gasteiger partial charge >= 0.3 is 0 Å². The third-order valence-electron chi connectivity index (χ3n) is 6.85. The first kappa shape index (κ1) is 26.0. The molecule has 0 saturated heterocycles. The first-order chi connectivity index (χ1) is 18.6. The monoisotopic (exact) mass is 538 g/mol. The molecule has 7 nitrogen and oxygen atoms in total. The van der Waals surface area contributed by atoms with Gasteiger partial charge in [-0.05, 0) is 59.8 Å². The van der Waals surface area contributed by atoms with Crippen molar-refractivity contribution in [3.8, 4) is 11.4 Å². The number of anilines is 3. The van der Waals surface area contributed by atoms with Gasteiger partial charge in [-0.3, -0.25) is 14.5 Å². The molecule has 0 spiro atoms. The van der Waals surface area contributed by atoms with Gasteiger partial charge in [0.05, 0.1) is 18.5 Å². The number of hydrogen-bond acceptors (Lipinski definition) is 4. The van der Waals surface area contributed by atoms with Gasteiger partial charge in [0.15, 0.2) is 0 Å². The van der Waals surface area contributed by atoms with E-state index in [0.717, 1.165) is 40.9 Å². The lowest BCUT2D eigenvalue weighted by molar-refractivity contribution is -0.124. The van der Waals surface area contributed by atoms with E-state index in [-0.39, 0.29) is 30.6 Å². The minimum atomic E-state index is -0.314. The van der Waals surface area contributed by atoms with Crippen molar-refractivity contribution in [1.82, 2.24) is 9.55 Å². The number of halogens is 1. The summed E-state index contributed by atoms with van der Waals surface area (Å²) >= 11 is 0. The van der Waals surface area contributed by atoms with Crippen LogP contribution in [0.2, 0.25) is 0 Å². The average Bonchev–Trinajstić information content (AvgIpc) is 3.37. The van der Waals surface area contributed by atoms with E-state index in [0.29, 0.717) is 17.1 Å². The van der Waals surface area contributed by atoms with E-state index in [2.05, 4.69) is 20.9 Å². The zero-order valence-corrected chi connectivity index (χ0v) is 22.2. The van der Waals surface area contributed by atoms with Crippen LogP contribution in [0, 0.1) is 0 Å². The summed E-state index contributed by atoms with van der Waals surface area (Å²) in [5, 5.41) is 4.84. The molecule has 0 aliphatic carbocycles. The minimum absolute atomic E-state index is 0. The number of aryl methyl sites for hydroxylation is 2. The fourth-order valence-electron chi connectivity index (χ4n) is 5.00. The molecule has 4 aromatic carbocycles. The fraction of sp³-hybridized carbons (Fsp3) is 0.129. The van der Waals surface area contributed by atoms with Crippen molar-refractivity contribution in [2.24, 2.45) is 0 Å². The summed E-state index contributed by atoms with van der Waals surface area (Å²) in [6, 6.07) is 27.5. The Morgan fingerprint density at radius 2 is 1.69 bits per heavy atom. The molecule has 196 valence electrons. The Morgan fingerprint density at radius 3 is 2.51 bits per heavy atom. The van der Waals surface area contributed by atoms with Crippen LogP contribution in [-0.4, -0.2) is 28.5 Å². The van der Waals surface area contributed by atoms with Gasteiger partial charge in [-0.1, -0.05) is 42.5 Å². The van der Waals surface area contributed by atoms with Crippen molar-refractivity contribution in [2.75, 3.05) is 17.3 Å². The number of rotatable bonds is 6. The molecular weight excluding hydrogens is 512 g/mol. The number of carbonyl (C=O) groups is 2. The summed E-state index contributed by atoms with van der Waals surface area (Å²) in [5.74, 6) is 1.20. The molecular formula is C31H27ClN4O3. The molecule has 0 unspecified atom stereocenters. The second-order valence-corrected chi connectivity index (χ2v) is 9.22. The van der Waals surface area contributed by atoms with Crippen LogP contribution in [0.4, 0.5) is 17.1 Å².